The molecule has 0 atom stereocenters. The smallest absolute Gasteiger partial charge is 0.243 e. The fourth-order valence-corrected chi connectivity index (χ4v) is 4.49. The molecule has 1 aliphatic heterocycles. The Morgan fingerprint density at radius 2 is 1.96 bits per heavy atom. The van der Waals surface area contributed by atoms with Gasteiger partial charge < -0.3 is 9.32 Å². The third-order valence-electron chi connectivity index (χ3n) is 4.15. The largest absolute Gasteiger partial charge is 0.426 e. The summed E-state index contributed by atoms with van der Waals surface area (Å²) >= 11 is 5.89. The topological polar surface area (TPSA) is 96.6 Å². The van der Waals surface area contributed by atoms with E-state index in [1.54, 1.807) is 24.0 Å². The summed E-state index contributed by atoms with van der Waals surface area (Å²) < 4.78 is 32.0. The van der Waals surface area contributed by atoms with E-state index in [4.69, 9.17) is 16.0 Å². The number of aryl methyl sites for hydroxylation is 2. The van der Waals surface area contributed by atoms with Crippen LogP contribution in [0.2, 0.25) is 5.02 Å². The molecule has 26 heavy (non-hydrogen) atoms. The maximum Gasteiger partial charge on any atom is 0.243 e. The van der Waals surface area contributed by atoms with Crippen LogP contribution in [0.3, 0.4) is 0 Å². The van der Waals surface area contributed by atoms with Crippen LogP contribution in [0.25, 0.3) is 0 Å². The first-order chi connectivity index (χ1) is 12.4. The second-order valence-electron chi connectivity index (χ2n) is 5.96. The van der Waals surface area contributed by atoms with Crippen molar-refractivity contribution in [2.24, 2.45) is 0 Å². The lowest BCUT2D eigenvalue weighted by molar-refractivity contribution is -0.132. The van der Waals surface area contributed by atoms with Gasteiger partial charge in [-0.1, -0.05) is 17.7 Å². The minimum atomic E-state index is -3.61. The summed E-state index contributed by atoms with van der Waals surface area (Å²) in [5.41, 5.74) is 0. The zero-order chi connectivity index (χ0) is 18.7. The van der Waals surface area contributed by atoms with Gasteiger partial charge in [-0.2, -0.15) is 4.31 Å². The number of rotatable bonds is 5. The van der Waals surface area contributed by atoms with Crippen LogP contribution in [0.1, 0.15) is 18.2 Å². The second kappa shape index (κ2) is 7.73. The molecular weight excluding hydrogens is 380 g/mol. The summed E-state index contributed by atoms with van der Waals surface area (Å²) in [7, 11) is -3.61. The van der Waals surface area contributed by atoms with Crippen molar-refractivity contribution in [3.05, 3.63) is 41.1 Å². The summed E-state index contributed by atoms with van der Waals surface area (Å²) in [4.78, 5) is 14.1. The van der Waals surface area contributed by atoms with Crippen molar-refractivity contribution in [2.45, 2.75) is 24.7 Å². The van der Waals surface area contributed by atoms with E-state index in [0.717, 1.165) is 0 Å². The Balaban J connectivity index is 1.55. The number of aromatic nitrogens is 2. The SMILES string of the molecule is Cc1nnc(CCC(=O)N2CCN(S(=O)(=O)c3cccc(Cl)c3)CC2)o1. The van der Waals surface area contributed by atoms with E-state index in [1.807, 2.05) is 0 Å². The van der Waals surface area contributed by atoms with Gasteiger partial charge in [0.15, 0.2) is 0 Å². The van der Waals surface area contributed by atoms with Gasteiger partial charge in [-0.15, -0.1) is 10.2 Å². The average molecular weight is 399 g/mol. The van der Waals surface area contributed by atoms with E-state index in [0.29, 0.717) is 36.3 Å². The summed E-state index contributed by atoms with van der Waals surface area (Å²) in [6.07, 6.45) is 0.628. The number of amides is 1. The van der Waals surface area contributed by atoms with Crippen LogP contribution < -0.4 is 0 Å². The minimum Gasteiger partial charge on any atom is -0.426 e. The highest BCUT2D eigenvalue weighted by atomic mass is 35.5. The zero-order valence-corrected chi connectivity index (χ0v) is 15.8. The van der Waals surface area contributed by atoms with Crippen molar-refractivity contribution >= 4 is 27.5 Å². The number of benzene rings is 1. The van der Waals surface area contributed by atoms with Crippen molar-refractivity contribution in [3.8, 4) is 0 Å². The van der Waals surface area contributed by atoms with Crippen LogP contribution in [0.15, 0.2) is 33.6 Å². The van der Waals surface area contributed by atoms with Gasteiger partial charge in [-0.3, -0.25) is 4.79 Å². The van der Waals surface area contributed by atoms with Crippen LogP contribution in [0.5, 0.6) is 0 Å². The van der Waals surface area contributed by atoms with Crippen LogP contribution in [0, 0.1) is 6.92 Å². The number of carbonyl (C=O) groups excluding carboxylic acids is 1. The molecule has 0 aliphatic carbocycles. The van der Waals surface area contributed by atoms with E-state index in [2.05, 4.69) is 10.2 Å². The molecule has 2 aromatic rings. The number of hydrogen-bond acceptors (Lipinski definition) is 6. The predicted molar refractivity (Wildman–Crippen MR) is 94.1 cm³/mol. The lowest BCUT2D eigenvalue weighted by Gasteiger charge is -2.34. The molecule has 10 heteroatoms. The zero-order valence-electron chi connectivity index (χ0n) is 14.3. The maximum absolute atomic E-state index is 12.7. The first-order valence-corrected chi connectivity index (χ1v) is 10.0. The summed E-state index contributed by atoms with van der Waals surface area (Å²) in [5, 5.41) is 7.96. The monoisotopic (exact) mass is 398 g/mol. The van der Waals surface area contributed by atoms with Crippen LogP contribution in [-0.4, -0.2) is 59.9 Å². The van der Waals surface area contributed by atoms with Gasteiger partial charge in [0.05, 0.1) is 4.90 Å². The van der Waals surface area contributed by atoms with E-state index < -0.39 is 10.0 Å². The molecule has 0 radical (unpaired) electrons. The van der Waals surface area contributed by atoms with Gasteiger partial charge in [-0.25, -0.2) is 8.42 Å². The van der Waals surface area contributed by atoms with Crippen LogP contribution in [-0.2, 0) is 21.2 Å². The van der Waals surface area contributed by atoms with Gasteiger partial charge in [-0.05, 0) is 18.2 Å². The van der Waals surface area contributed by atoms with Gasteiger partial charge in [0, 0.05) is 51.0 Å². The first kappa shape index (κ1) is 18.8. The molecule has 0 spiro atoms. The fraction of sp³-hybridized carbons (Fsp3) is 0.438. The highest BCUT2D eigenvalue weighted by Crippen LogP contribution is 2.21. The van der Waals surface area contributed by atoms with Gasteiger partial charge in [0.2, 0.25) is 27.7 Å². The first-order valence-electron chi connectivity index (χ1n) is 8.19. The Hall–Kier alpha value is -1.97. The Morgan fingerprint density at radius 3 is 2.58 bits per heavy atom. The molecule has 0 saturated carbocycles. The second-order valence-corrected chi connectivity index (χ2v) is 8.33. The minimum absolute atomic E-state index is 0.0549. The molecule has 140 valence electrons. The molecule has 3 rings (SSSR count). The molecule has 1 aliphatic rings. The number of piperazine rings is 1. The van der Waals surface area contributed by atoms with Crippen molar-refractivity contribution < 1.29 is 17.6 Å². The standard InChI is InChI=1S/C16H19ClN4O4S/c1-12-18-19-15(25-12)5-6-16(22)20-7-9-21(10-8-20)26(23,24)14-4-2-3-13(17)11-14/h2-4,11H,5-10H2,1H3. The number of hydrogen-bond donors (Lipinski definition) is 0. The Labute approximate surface area is 156 Å². The summed E-state index contributed by atoms with van der Waals surface area (Å²) in [5.74, 6) is 0.839. The normalized spacial score (nSPS) is 16.0. The van der Waals surface area contributed by atoms with E-state index in [1.165, 1.54) is 16.4 Å². The van der Waals surface area contributed by atoms with Crippen molar-refractivity contribution in [3.63, 3.8) is 0 Å². The molecule has 1 aromatic carbocycles. The molecule has 1 aromatic heterocycles. The summed E-state index contributed by atoms with van der Waals surface area (Å²) in [6.45, 7) is 2.89. The number of halogens is 1. The Morgan fingerprint density at radius 1 is 1.23 bits per heavy atom. The van der Waals surface area contributed by atoms with Crippen molar-refractivity contribution in [1.82, 2.24) is 19.4 Å². The van der Waals surface area contributed by atoms with Crippen LogP contribution >= 0.6 is 11.6 Å². The average Bonchev–Trinajstić information content (AvgIpc) is 3.05. The molecule has 2 heterocycles. The number of nitrogens with zero attached hydrogens (tertiary/aromatic N) is 4. The lowest BCUT2D eigenvalue weighted by atomic mass is 10.2. The van der Waals surface area contributed by atoms with Gasteiger partial charge >= 0.3 is 0 Å². The Kier molecular flexibility index (Phi) is 5.59. The van der Waals surface area contributed by atoms with Gasteiger partial charge in [0.25, 0.3) is 0 Å². The molecule has 0 unspecified atom stereocenters. The predicted octanol–water partition coefficient (Wildman–Crippen LogP) is 1.50. The molecule has 1 saturated heterocycles. The van der Waals surface area contributed by atoms with Crippen LogP contribution in [0.4, 0.5) is 0 Å². The van der Waals surface area contributed by atoms with Crippen molar-refractivity contribution in [2.75, 3.05) is 26.2 Å². The maximum atomic E-state index is 12.7. The molecule has 1 fully saturated rings. The highest BCUT2D eigenvalue weighted by molar-refractivity contribution is 7.89. The summed E-state index contributed by atoms with van der Waals surface area (Å²) in [6, 6.07) is 6.18. The molecule has 8 nitrogen and oxygen atoms in total. The quantitative estimate of drug-likeness (QED) is 0.757. The molecule has 0 N–H and O–H groups in total. The van der Waals surface area contributed by atoms with E-state index >= 15 is 0 Å². The third kappa shape index (κ3) is 4.22. The van der Waals surface area contributed by atoms with E-state index in [-0.39, 0.29) is 30.3 Å². The molecular formula is C16H19ClN4O4S. The highest BCUT2D eigenvalue weighted by Gasteiger charge is 2.30. The fourth-order valence-electron chi connectivity index (χ4n) is 2.76. The van der Waals surface area contributed by atoms with E-state index in [9.17, 15) is 13.2 Å². The lowest BCUT2D eigenvalue weighted by Crippen LogP contribution is -2.50. The van der Waals surface area contributed by atoms with Crippen molar-refractivity contribution in [1.29, 1.82) is 0 Å². The van der Waals surface area contributed by atoms with Gasteiger partial charge in [0.1, 0.15) is 0 Å². The third-order valence-corrected chi connectivity index (χ3v) is 6.28. The number of sulfonamides is 1. The number of carbonyl (C=O) groups is 1. The molecule has 0 bridgehead atoms. The molecule has 1 amide bonds. The Bertz CT molecular complexity index is 891.